The van der Waals surface area contributed by atoms with Crippen molar-refractivity contribution in [3.63, 3.8) is 0 Å². The molecule has 2 rings (SSSR count). The van der Waals surface area contributed by atoms with Crippen LogP contribution in [0.15, 0.2) is 30.6 Å². The van der Waals surface area contributed by atoms with Crippen LogP contribution in [0.25, 0.3) is 11.1 Å². The van der Waals surface area contributed by atoms with Gasteiger partial charge in [0.1, 0.15) is 0 Å². The van der Waals surface area contributed by atoms with Gasteiger partial charge in [-0.25, -0.2) is 8.42 Å². The van der Waals surface area contributed by atoms with Crippen LogP contribution in [0, 0.1) is 18.3 Å². The highest BCUT2D eigenvalue weighted by Crippen LogP contribution is 2.23. The molecule has 0 fully saturated rings. The zero-order chi connectivity index (χ0) is 15.6. The molecule has 0 amide bonds. The maximum Gasteiger partial charge on any atom is 0.256 e. The first-order valence-corrected chi connectivity index (χ1v) is 8.12. The molecule has 0 aliphatic heterocycles. The van der Waals surface area contributed by atoms with Crippen LogP contribution in [-0.2, 0) is 16.4 Å². The first-order valence-electron chi connectivity index (χ1n) is 6.62. The molecule has 0 radical (unpaired) electrons. The Labute approximate surface area is 124 Å². The number of benzene rings is 1. The molecule has 0 aliphatic rings. The summed E-state index contributed by atoms with van der Waals surface area (Å²) >= 11 is 0. The van der Waals surface area contributed by atoms with E-state index in [0.717, 1.165) is 26.3 Å². The lowest BCUT2D eigenvalue weighted by Crippen LogP contribution is -2.22. The topological polar surface area (TPSA) is 75.8 Å². The molecular weight excluding hydrogens is 286 g/mol. The van der Waals surface area contributed by atoms with Gasteiger partial charge in [-0.1, -0.05) is 18.2 Å². The van der Waals surface area contributed by atoms with Gasteiger partial charge in [0.15, 0.2) is 0 Å². The molecule has 2 aromatic rings. The molecule has 5 nitrogen and oxygen atoms in total. The average molecular weight is 303 g/mol. The van der Waals surface area contributed by atoms with E-state index in [-0.39, 0.29) is 0 Å². The summed E-state index contributed by atoms with van der Waals surface area (Å²) < 4.78 is 25.1. The molecular formula is C15H17N3O2S. The Morgan fingerprint density at radius 1 is 1.33 bits per heavy atom. The Morgan fingerprint density at radius 2 is 2.05 bits per heavy atom. The fraction of sp³-hybridized carbons (Fsp3) is 0.333. The minimum absolute atomic E-state index is 0.368. The second-order valence-corrected chi connectivity index (χ2v) is 7.52. The summed E-state index contributed by atoms with van der Waals surface area (Å²) in [5, 5.41) is 12.2. The number of hydrogen-bond acceptors (Lipinski definition) is 4. The van der Waals surface area contributed by atoms with Crippen LogP contribution in [-0.4, -0.2) is 22.9 Å². The Morgan fingerprint density at radius 3 is 2.62 bits per heavy atom. The maximum absolute atomic E-state index is 12.0. The Bertz CT molecular complexity index is 799. The number of aromatic nitrogens is 2. The highest BCUT2D eigenvalue weighted by atomic mass is 32.2. The summed E-state index contributed by atoms with van der Waals surface area (Å²) in [6.07, 6.45) is 3.43. The molecule has 0 unspecified atom stereocenters. The normalized spacial score (nSPS) is 11.6. The van der Waals surface area contributed by atoms with Crippen molar-refractivity contribution in [3.05, 3.63) is 41.7 Å². The Kier molecular flexibility index (Phi) is 4.14. The third-order valence-electron chi connectivity index (χ3n) is 3.36. The van der Waals surface area contributed by atoms with Gasteiger partial charge in [-0.3, -0.25) is 0 Å². The van der Waals surface area contributed by atoms with Crippen molar-refractivity contribution in [2.45, 2.75) is 32.4 Å². The minimum Gasteiger partial charge on any atom is -0.204 e. The molecule has 1 aromatic carbocycles. The van der Waals surface area contributed by atoms with E-state index in [1.54, 1.807) is 20.0 Å². The summed E-state index contributed by atoms with van der Waals surface area (Å²) in [6.45, 7) is 5.18. The average Bonchev–Trinajstić information content (AvgIpc) is 2.91. The fourth-order valence-electron chi connectivity index (χ4n) is 1.97. The van der Waals surface area contributed by atoms with Crippen LogP contribution in [0.5, 0.6) is 0 Å². The quantitative estimate of drug-likeness (QED) is 0.869. The summed E-state index contributed by atoms with van der Waals surface area (Å²) in [4.78, 5) is 0. The van der Waals surface area contributed by atoms with Crippen LogP contribution < -0.4 is 0 Å². The maximum atomic E-state index is 12.0. The van der Waals surface area contributed by atoms with Crippen molar-refractivity contribution < 1.29 is 8.42 Å². The van der Waals surface area contributed by atoms with Gasteiger partial charge < -0.3 is 0 Å². The van der Waals surface area contributed by atoms with Crippen LogP contribution in [0.4, 0.5) is 0 Å². The fourth-order valence-corrected chi connectivity index (χ4v) is 2.84. The van der Waals surface area contributed by atoms with Crippen molar-refractivity contribution in [1.29, 1.82) is 5.26 Å². The lowest BCUT2D eigenvalue weighted by atomic mass is 10.0. The van der Waals surface area contributed by atoms with Crippen molar-refractivity contribution in [2.24, 2.45) is 0 Å². The van der Waals surface area contributed by atoms with Gasteiger partial charge in [0.05, 0.1) is 30.1 Å². The van der Waals surface area contributed by atoms with Crippen LogP contribution in [0.2, 0.25) is 0 Å². The number of rotatable bonds is 4. The Hall–Kier alpha value is -2.13. The number of nitriles is 1. The smallest absolute Gasteiger partial charge is 0.204 e. The van der Waals surface area contributed by atoms with Crippen molar-refractivity contribution in [2.75, 3.05) is 0 Å². The third kappa shape index (κ3) is 2.98. The molecule has 0 saturated heterocycles. The molecule has 0 atom stereocenters. The molecule has 6 heteroatoms. The minimum atomic E-state index is -3.43. The highest BCUT2D eigenvalue weighted by Gasteiger charge is 2.19. The van der Waals surface area contributed by atoms with Crippen LogP contribution in [0.3, 0.4) is 0 Å². The second kappa shape index (κ2) is 5.70. The van der Waals surface area contributed by atoms with Crippen molar-refractivity contribution in [3.8, 4) is 17.2 Å². The molecule has 0 N–H and O–H groups in total. The molecule has 0 spiro atoms. The number of hydrogen-bond donors (Lipinski definition) is 0. The summed E-state index contributed by atoms with van der Waals surface area (Å²) in [5.74, 6) is 0. The largest absolute Gasteiger partial charge is 0.256 e. The molecule has 0 saturated carbocycles. The van der Waals surface area contributed by atoms with Gasteiger partial charge in [-0.05, 0) is 37.5 Å². The van der Waals surface area contributed by atoms with Crippen molar-refractivity contribution in [1.82, 2.24) is 9.19 Å². The van der Waals surface area contributed by atoms with Gasteiger partial charge in [0.2, 0.25) is 0 Å². The first-order chi connectivity index (χ1) is 9.86. The van der Waals surface area contributed by atoms with Gasteiger partial charge in [-0.2, -0.15) is 14.4 Å². The highest BCUT2D eigenvalue weighted by molar-refractivity contribution is 7.90. The van der Waals surface area contributed by atoms with E-state index < -0.39 is 15.3 Å². The SMILES string of the molecule is Cc1cc(-c2cnn(S(=O)(=O)C(C)C)c2)ccc1CC#N. The van der Waals surface area contributed by atoms with E-state index in [1.165, 1.54) is 6.20 Å². The van der Waals surface area contributed by atoms with E-state index >= 15 is 0 Å². The van der Waals surface area contributed by atoms with Gasteiger partial charge in [-0.15, -0.1) is 0 Å². The summed E-state index contributed by atoms with van der Waals surface area (Å²) in [6, 6.07) is 7.83. The summed E-state index contributed by atoms with van der Waals surface area (Å²) in [7, 11) is -3.43. The zero-order valence-electron chi connectivity index (χ0n) is 12.2. The second-order valence-electron chi connectivity index (χ2n) is 5.17. The van der Waals surface area contributed by atoms with E-state index in [4.69, 9.17) is 5.26 Å². The predicted molar refractivity (Wildman–Crippen MR) is 81.2 cm³/mol. The van der Waals surface area contributed by atoms with Crippen molar-refractivity contribution >= 4 is 10.0 Å². The van der Waals surface area contributed by atoms with Crippen LogP contribution in [0.1, 0.15) is 25.0 Å². The summed E-state index contributed by atoms with van der Waals surface area (Å²) in [5.41, 5.74) is 3.61. The van der Waals surface area contributed by atoms with Crippen LogP contribution >= 0.6 is 0 Å². The zero-order valence-corrected chi connectivity index (χ0v) is 13.1. The predicted octanol–water partition coefficient (Wildman–Crippen LogP) is 2.51. The Balaban J connectivity index is 2.39. The third-order valence-corrected chi connectivity index (χ3v) is 5.27. The molecule has 0 aliphatic carbocycles. The standard InChI is InChI=1S/C15H17N3O2S/c1-11(2)21(19,20)18-10-15(9-17-18)14-5-4-13(6-7-16)12(3)8-14/h4-5,8-11H,6H2,1-3H3. The molecule has 0 bridgehead atoms. The lowest BCUT2D eigenvalue weighted by Gasteiger charge is -2.07. The van der Waals surface area contributed by atoms with E-state index in [0.29, 0.717) is 6.42 Å². The number of aryl methyl sites for hydroxylation is 1. The van der Waals surface area contributed by atoms with E-state index in [2.05, 4.69) is 11.2 Å². The lowest BCUT2D eigenvalue weighted by molar-refractivity contribution is 0.571. The van der Waals surface area contributed by atoms with Gasteiger partial charge >= 0.3 is 0 Å². The molecule has 1 aromatic heterocycles. The first kappa shape index (κ1) is 15.3. The van der Waals surface area contributed by atoms with Gasteiger partial charge in [0.25, 0.3) is 10.0 Å². The number of nitrogens with zero attached hydrogens (tertiary/aromatic N) is 3. The van der Waals surface area contributed by atoms with Gasteiger partial charge in [0, 0.05) is 5.56 Å². The molecule has 1 heterocycles. The van der Waals surface area contributed by atoms with E-state index in [9.17, 15) is 8.42 Å². The monoisotopic (exact) mass is 303 g/mol. The molecule has 110 valence electrons. The molecule has 21 heavy (non-hydrogen) atoms. The van der Waals surface area contributed by atoms with E-state index in [1.807, 2.05) is 25.1 Å².